The molecule has 0 aliphatic carbocycles. The van der Waals surface area contributed by atoms with E-state index in [-0.39, 0.29) is 11.3 Å². The van der Waals surface area contributed by atoms with Crippen molar-refractivity contribution in [3.63, 3.8) is 0 Å². The summed E-state index contributed by atoms with van der Waals surface area (Å²) in [5.74, 6) is -0.462. The van der Waals surface area contributed by atoms with Gasteiger partial charge in [-0.15, -0.1) is 0 Å². The summed E-state index contributed by atoms with van der Waals surface area (Å²) in [6.45, 7) is 4.82. The Balaban J connectivity index is 1.64. The van der Waals surface area contributed by atoms with E-state index >= 15 is 0 Å². The number of rotatable bonds is 7. The number of aliphatic hydroxyl groups excluding tert-OH is 1. The number of anilines is 1. The molecule has 8 nitrogen and oxygen atoms in total. The van der Waals surface area contributed by atoms with Crippen molar-refractivity contribution in [3.8, 4) is 11.5 Å². The molecule has 36 heavy (non-hydrogen) atoms. The molecule has 1 saturated heterocycles. The monoisotopic (exact) mass is 501 g/mol. The van der Waals surface area contributed by atoms with Crippen LogP contribution in [0.4, 0.5) is 5.13 Å². The number of Topliss-reactive ketones (excluding diaryl/α,β-unsaturated/α-hetero) is 1. The van der Waals surface area contributed by atoms with Crippen LogP contribution >= 0.6 is 11.3 Å². The number of hydrogen-bond donors (Lipinski definition) is 1. The van der Waals surface area contributed by atoms with Crippen LogP contribution < -0.4 is 14.4 Å². The predicted molar refractivity (Wildman–Crippen MR) is 137 cm³/mol. The van der Waals surface area contributed by atoms with E-state index in [1.807, 2.05) is 32.0 Å². The maximum atomic E-state index is 13.4. The van der Waals surface area contributed by atoms with Gasteiger partial charge in [-0.2, -0.15) is 0 Å². The third-order valence-electron chi connectivity index (χ3n) is 5.77. The second kappa shape index (κ2) is 9.79. The minimum atomic E-state index is -0.869. The van der Waals surface area contributed by atoms with Gasteiger partial charge in [0, 0.05) is 18.0 Å². The number of amides is 1. The fourth-order valence-electron chi connectivity index (χ4n) is 4.17. The molecule has 0 bridgehead atoms. The highest BCUT2D eigenvalue weighted by atomic mass is 32.1. The molecule has 0 spiro atoms. The third kappa shape index (κ3) is 4.18. The minimum Gasteiger partial charge on any atom is -0.507 e. The number of aliphatic hydroxyl groups is 1. The molecule has 9 heteroatoms. The van der Waals surface area contributed by atoms with Gasteiger partial charge in [0.15, 0.2) is 5.13 Å². The molecule has 4 aromatic rings. The summed E-state index contributed by atoms with van der Waals surface area (Å²) in [4.78, 5) is 36.7. The molecular weight excluding hydrogens is 478 g/mol. The fourth-order valence-corrected chi connectivity index (χ4v) is 5.20. The summed E-state index contributed by atoms with van der Waals surface area (Å²) >= 11 is 1.28. The summed E-state index contributed by atoms with van der Waals surface area (Å²) in [7, 11) is 0. The highest BCUT2D eigenvalue weighted by molar-refractivity contribution is 7.22. The summed E-state index contributed by atoms with van der Waals surface area (Å²) in [5.41, 5.74) is 1.71. The van der Waals surface area contributed by atoms with Crippen LogP contribution in [0.3, 0.4) is 0 Å². The van der Waals surface area contributed by atoms with Crippen molar-refractivity contribution in [1.82, 2.24) is 9.97 Å². The number of ketones is 1. The molecule has 1 fully saturated rings. The number of ether oxygens (including phenoxy) is 2. The normalized spacial score (nSPS) is 17.1. The van der Waals surface area contributed by atoms with Crippen molar-refractivity contribution in [2.24, 2.45) is 0 Å². The number of benzene rings is 2. The van der Waals surface area contributed by atoms with Crippen LogP contribution in [0.15, 0.2) is 72.6 Å². The molecule has 1 aliphatic heterocycles. The van der Waals surface area contributed by atoms with Gasteiger partial charge < -0.3 is 14.6 Å². The number of nitrogens with zero attached hydrogens (tertiary/aromatic N) is 3. The lowest BCUT2D eigenvalue weighted by molar-refractivity contribution is -0.132. The van der Waals surface area contributed by atoms with Crippen molar-refractivity contribution in [3.05, 3.63) is 83.7 Å². The van der Waals surface area contributed by atoms with Crippen LogP contribution in [0, 0.1) is 0 Å². The number of carbonyl (C=O) groups is 2. The van der Waals surface area contributed by atoms with Crippen molar-refractivity contribution >= 4 is 44.1 Å². The molecule has 1 atom stereocenters. The lowest BCUT2D eigenvalue weighted by Crippen LogP contribution is -2.29. The van der Waals surface area contributed by atoms with E-state index in [0.29, 0.717) is 46.5 Å². The zero-order valence-electron chi connectivity index (χ0n) is 19.7. The van der Waals surface area contributed by atoms with Crippen molar-refractivity contribution in [1.29, 1.82) is 0 Å². The first-order valence-electron chi connectivity index (χ1n) is 11.5. The quantitative estimate of drug-likeness (QED) is 0.213. The average molecular weight is 502 g/mol. The van der Waals surface area contributed by atoms with Gasteiger partial charge in [0.05, 0.1) is 35.0 Å². The average Bonchev–Trinajstić information content (AvgIpc) is 3.43. The Hall–Kier alpha value is -4.24. The molecule has 182 valence electrons. The van der Waals surface area contributed by atoms with Crippen LogP contribution in [0.1, 0.15) is 31.0 Å². The largest absolute Gasteiger partial charge is 0.507 e. The van der Waals surface area contributed by atoms with E-state index in [1.165, 1.54) is 16.2 Å². The molecule has 2 aromatic heterocycles. The van der Waals surface area contributed by atoms with Crippen molar-refractivity contribution < 1.29 is 24.2 Å². The van der Waals surface area contributed by atoms with Crippen molar-refractivity contribution in [2.45, 2.75) is 19.9 Å². The molecule has 5 rings (SSSR count). The molecule has 1 N–H and O–H groups in total. The maximum absolute atomic E-state index is 13.4. The van der Waals surface area contributed by atoms with Gasteiger partial charge in [-0.1, -0.05) is 11.3 Å². The summed E-state index contributed by atoms with van der Waals surface area (Å²) < 4.78 is 11.9. The van der Waals surface area contributed by atoms with Gasteiger partial charge in [0.2, 0.25) is 0 Å². The first-order chi connectivity index (χ1) is 17.5. The van der Waals surface area contributed by atoms with E-state index in [4.69, 9.17) is 9.47 Å². The third-order valence-corrected chi connectivity index (χ3v) is 6.79. The maximum Gasteiger partial charge on any atom is 0.301 e. The fraction of sp³-hybridized carbons (Fsp3) is 0.185. The van der Waals surface area contributed by atoms with Crippen molar-refractivity contribution in [2.75, 3.05) is 18.1 Å². The zero-order chi connectivity index (χ0) is 25.2. The standard InChI is InChI=1S/C27H23N3O5S/c1-3-34-18-7-5-17(6-8-18)24(31)22-23(16-11-13-28-14-12-16)30(26(33)25(22)32)27-29-20-10-9-19(35-4-2)15-21(20)36-27/h5-15,23,31H,3-4H2,1-2H3/b24-22+. The number of thiazole rings is 1. The predicted octanol–water partition coefficient (Wildman–Crippen LogP) is 5.12. The lowest BCUT2D eigenvalue weighted by Gasteiger charge is -2.22. The van der Waals surface area contributed by atoms with Crippen LogP contribution in [0.25, 0.3) is 16.0 Å². The Bertz CT molecular complexity index is 1460. The van der Waals surface area contributed by atoms with Gasteiger partial charge >= 0.3 is 5.91 Å². The van der Waals surface area contributed by atoms with Crippen LogP contribution in [0.5, 0.6) is 11.5 Å². The van der Waals surface area contributed by atoms with E-state index in [1.54, 1.807) is 48.8 Å². The summed E-state index contributed by atoms with van der Waals surface area (Å²) in [6.07, 6.45) is 3.16. The topological polar surface area (TPSA) is 102 Å². The molecule has 0 radical (unpaired) electrons. The number of aromatic nitrogens is 2. The first-order valence-corrected chi connectivity index (χ1v) is 12.3. The first kappa shape index (κ1) is 23.5. The second-order valence-electron chi connectivity index (χ2n) is 7.97. The highest BCUT2D eigenvalue weighted by Gasteiger charge is 2.48. The van der Waals surface area contributed by atoms with Gasteiger partial charge in [-0.25, -0.2) is 4.98 Å². The van der Waals surface area contributed by atoms with E-state index in [9.17, 15) is 14.7 Å². The van der Waals surface area contributed by atoms with Crippen LogP contribution in [-0.2, 0) is 9.59 Å². The SMILES string of the molecule is CCOc1ccc(/C(O)=C2\C(=O)C(=O)N(c3nc4ccc(OCC)cc4s3)C2c2ccncc2)cc1. The number of hydrogen-bond acceptors (Lipinski definition) is 8. The second-order valence-corrected chi connectivity index (χ2v) is 8.98. The Kier molecular flexibility index (Phi) is 6.39. The molecular formula is C27H23N3O5S. The Morgan fingerprint density at radius 3 is 2.33 bits per heavy atom. The number of pyridine rings is 1. The van der Waals surface area contributed by atoms with Crippen LogP contribution in [-0.4, -0.2) is 40.0 Å². The summed E-state index contributed by atoms with van der Waals surface area (Å²) in [5, 5.41) is 11.6. The Morgan fingerprint density at radius 1 is 0.972 bits per heavy atom. The molecule has 3 heterocycles. The molecule has 1 unspecified atom stereocenters. The van der Waals surface area contributed by atoms with Gasteiger partial charge in [-0.3, -0.25) is 19.5 Å². The number of fused-ring (bicyclic) bond motifs is 1. The van der Waals surface area contributed by atoms with E-state index in [2.05, 4.69) is 9.97 Å². The molecule has 1 amide bonds. The van der Waals surface area contributed by atoms with E-state index in [0.717, 1.165) is 4.70 Å². The molecule has 0 saturated carbocycles. The minimum absolute atomic E-state index is 0.00961. The zero-order valence-corrected chi connectivity index (χ0v) is 20.5. The summed E-state index contributed by atoms with van der Waals surface area (Å²) in [6, 6.07) is 14.8. The van der Waals surface area contributed by atoms with Gasteiger partial charge in [0.1, 0.15) is 17.3 Å². The Labute approximate surface area is 211 Å². The van der Waals surface area contributed by atoms with E-state index < -0.39 is 17.7 Å². The smallest absolute Gasteiger partial charge is 0.301 e. The number of carbonyl (C=O) groups excluding carboxylic acids is 2. The van der Waals surface area contributed by atoms with Crippen LogP contribution in [0.2, 0.25) is 0 Å². The van der Waals surface area contributed by atoms with Gasteiger partial charge in [-0.05, 0) is 74.0 Å². The molecule has 2 aromatic carbocycles. The lowest BCUT2D eigenvalue weighted by atomic mass is 9.96. The molecule has 1 aliphatic rings. The highest BCUT2D eigenvalue weighted by Crippen LogP contribution is 2.44. The Morgan fingerprint density at radius 2 is 1.64 bits per heavy atom. The van der Waals surface area contributed by atoms with Gasteiger partial charge in [0.25, 0.3) is 5.78 Å².